The fourth-order valence-electron chi connectivity index (χ4n) is 1.32. The van der Waals surface area contributed by atoms with Crippen LogP contribution >= 0.6 is 0 Å². The van der Waals surface area contributed by atoms with Crippen molar-refractivity contribution in [1.29, 1.82) is 0 Å². The summed E-state index contributed by atoms with van der Waals surface area (Å²) in [4.78, 5) is 3.69. The Morgan fingerprint density at radius 1 is 1.33 bits per heavy atom. The number of nitrogen functional groups attached to an aromatic ring is 1. The van der Waals surface area contributed by atoms with E-state index in [4.69, 9.17) is 10.5 Å². The van der Waals surface area contributed by atoms with Crippen LogP contribution in [0.15, 0.2) is 24.5 Å². The number of nitrogens with two attached hydrogens (primary N) is 1. The van der Waals surface area contributed by atoms with Gasteiger partial charge >= 0.3 is 12.2 Å². The Morgan fingerprint density at radius 3 is 2.61 bits per heavy atom. The van der Waals surface area contributed by atoms with Crippen molar-refractivity contribution < 1.29 is 17.9 Å². The minimum absolute atomic E-state index is 0.00338. The molecule has 0 unspecified atom stereocenters. The van der Waals surface area contributed by atoms with E-state index in [1.165, 1.54) is 17.1 Å². The molecule has 1 aromatic carbocycles. The summed E-state index contributed by atoms with van der Waals surface area (Å²) >= 11 is 0. The van der Waals surface area contributed by atoms with Gasteiger partial charge in [-0.2, -0.15) is 18.2 Å². The molecule has 0 atom stereocenters. The summed E-state index contributed by atoms with van der Waals surface area (Å²) in [5.41, 5.74) is 4.37. The normalized spacial score (nSPS) is 11.6. The third-order valence-corrected chi connectivity index (χ3v) is 2.09. The zero-order valence-corrected chi connectivity index (χ0v) is 9.27. The highest BCUT2D eigenvalue weighted by Crippen LogP contribution is 2.38. The molecule has 8 heteroatoms. The van der Waals surface area contributed by atoms with Gasteiger partial charge in [-0.1, -0.05) is 0 Å². The Hall–Kier alpha value is -2.25. The van der Waals surface area contributed by atoms with Gasteiger partial charge in [0.1, 0.15) is 17.6 Å². The molecule has 0 spiro atoms. The smallest absolute Gasteiger partial charge is 0.420 e. The van der Waals surface area contributed by atoms with Gasteiger partial charge in [0.2, 0.25) is 0 Å². The number of benzene rings is 1. The van der Waals surface area contributed by atoms with Crippen molar-refractivity contribution in [3.05, 3.63) is 30.1 Å². The van der Waals surface area contributed by atoms with Gasteiger partial charge in [-0.25, -0.2) is 0 Å². The minimum Gasteiger partial charge on any atom is -0.423 e. The quantitative estimate of drug-likeness (QED) is 0.838. The first kappa shape index (κ1) is 12.2. The standard InChI is InChI=1S/C10H9F3N4O/c1-17-5-15-9(16-17)18-8-3-2-6(14)4-7(8)10(11,12)13/h2-5H,14H2,1H3. The fraction of sp³-hybridized carbons (Fsp3) is 0.200. The Balaban J connectivity index is 2.38. The van der Waals surface area contributed by atoms with E-state index in [1.807, 2.05) is 0 Å². The minimum atomic E-state index is -4.56. The molecule has 0 fully saturated rings. The maximum Gasteiger partial charge on any atom is 0.420 e. The fourth-order valence-corrected chi connectivity index (χ4v) is 1.32. The summed E-state index contributed by atoms with van der Waals surface area (Å²) < 4.78 is 44.6. The molecule has 0 aliphatic rings. The van der Waals surface area contributed by atoms with Crippen LogP contribution in [0.25, 0.3) is 0 Å². The van der Waals surface area contributed by atoms with Gasteiger partial charge < -0.3 is 10.5 Å². The highest BCUT2D eigenvalue weighted by Gasteiger charge is 2.35. The number of nitrogens with zero attached hydrogens (tertiary/aromatic N) is 3. The van der Waals surface area contributed by atoms with Crippen LogP contribution in [-0.4, -0.2) is 14.8 Å². The molecule has 0 aliphatic carbocycles. The molecule has 2 aromatic rings. The maximum atomic E-state index is 12.8. The van der Waals surface area contributed by atoms with Crippen LogP contribution in [0.2, 0.25) is 0 Å². The average Bonchev–Trinajstić information content (AvgIpc) is 2.65. The second-order valence-electron chi connectivity index (χ2n) is 3.56. The summed E-state index contributed by atoms with van der Waals surface area (Å²) in [5, 5.41) is 3.74. The first-order valence-corrected chi connectivity index (χ1v) is 4.86. The van der Waals surface area contributed by atoms with Crippen LogP contribution in [0.1, 0.15) is 5.56 Å². The summed E-state index contributed by atoms with van der Waals surface area (Å²) in [6.07, 6.45) is -3.24. The number of hydrogen-bond acceptors (Lipinski definition) is 4. The van der Waals surface area contributed by atoms with Crippen LogP contribution in [-0.2, 0) is 13.2 Å². The lowest BCUT2D eigenvalue weighted by atomic mass is 10.1. The van der Waals surface area contributed by atoms with Crippen molar-refractivity contribution in [3.8, 4) is 11.8 Å². The number of aryl methyl sites for hydroxylation is 1. The van der Waals surface area contributed by atoms with E-state index < -0.39 is 11.7 Å². The first-order valence-electron chi connectivity index (χ1n) is 4.86. The molecule has 2 rings (SSSR count). The maximum absolute atomic E-state index is 12.8. The molecular weight excluding hydrogens is 249 g/mol. The van der Waals surface area contributed by atoms with E-state index in [2.05, 4.69) is 10.1 Å². The zero-order chi connectivity index (χ0) is 13.3. The van der Waals surface area contributed by atoms with Crippen molar-refractivity contribution in [2.45, 2.75) is 6.18 Å². The average molecular weight is 258 g/mol. The van der Waals surface area contributed by atoms with Crippen LogP contribution in [0.5, 0.6) is 11.8 Å². The molecule has 0 saturated heterocycles. The van der Waals surface area contributed by atoms with Crippen LogP contribution in [0.4, 0.5) is 18.9 Å². The van der Waals surface area contributed by atoms with Gasteiger partial charge in [0.25, 0.3) is 0 Å². The van der Waals surface area contributed by atoms with Crippen molar-refractivity contribution >= 4 is 5.69 Å². The van der Waals surface area contributed by atoms with Crippen LogP contribution in [0, 0.1) is 0 Å². The Bertz CT molecular complexity index is 564. The molecule has 0 radical (unpaired) electrons. The predicted octanol–water partition coefficient (Wildman–Crippen LogP) is 2.21. The topological polar surface area (TPSA) is 66.0 Å². The third kappa shape index (κ3) is 2.53. The lowest BCUT2D eigenvalue weighted by Gasteiger charge is -2.12. The summed E-state index contributed by atoms with van der Waals surface area (Å²) in [6, 6.07) is 3.09. The van der Waals surface area contributed by atoms with E-state index in [9.17, 15) is 13.2 Å². The molecule has 1 heterocycles. The van der Waals surface area contributed by atoms with E-state index in [0.29, 0.717) is 0 Å². The number of anilines is 1. The third-order valence-electron chi connectivity index (χ3n) is 2.09. The van der Waals surface area contributed by atoms with Crippen LogP contribution in [0.3, 0.4) is 0 Å². The first-order chi connectivity index (χ1) is 8.36. The number of ether oxygens (including phenoxy) is 1. The number of aromatic nitrogens is 3. The van der Waals surface area contributed by atoms with E-state index in [0.717, 1.165) is 12.1 Å². The number of halogens is 3. The van der Waals surface area contributed by atoms with E-state index >= 15 is 0 Å². The van der Waals surface area contributed by atoms with Crippen LogP contribution < -0.4 is 10.5 Å². The molecule has 0 saturated carbocycles. The highest BCUT2D eigenvalue weighted by atomic mass is 19.4. The SMILES string of the molecule is Cn1cnc(Oc2ccc(N)cc2C(F)(F)F)n1. The predicted molar refractivity (Wildman–Crippen MR) is 56.9 cm³/mol. The summed E-state index contributed by atoms with van der Waals surface area (Å²) in [7, 11) is 1.58. The molecule has 0 bridgehead atoms. The zero-order valence-electron chi connectivity index (χ0n) is 9.27. The second-order valence-corrected chi connectivity index (χ2v) is 3.56. The molecule has 2 N–H and O–H groups in total. The molecular formula is C10H9F3N4O. The van der Waals surface area contributed by atoms with Crippen molar-refractivity contribution in [3.63, 3.8) is 0 Å². The van der Waals surface area contributed by atoms with Crippen molar-refractivity contribution in [1.82, 2.24) is 14.8 Å². The monoisotopic (exact) mass is 258 g/mol. The summed E-state index contributed by atoms with van der Waals surface area (Å²) in [6.45, 7) is 0. The van der Waals surface area contributed by atoms with E-state index in [-0.39, 0.29) is 17.4 Å². The Labute approximate surface area is 100.0 Å². The lowest BCUT2D eigenvalue weighted by molar-refractivity contribution is -0.138. The molecule has 0 aliphatic heterocycles. The number of rotatable bonds is 2. The Kier molecular flexibility index (Phi) is 2.85. The van der Waals surface area contributed by atoms with Gasteiger partial charge in [0.15, 0.2) is 0 Å². The second kappa shape index (κ2) is 4.21. The van der Waals surface area contributed by atoms with Gasteiger partial charge in [-0.15, -0.1) is 5.10 Å². The molecule has 1 aromatic heterocycles. The summed E-state index contributed by atoms with van der Waals surface area (Å²) in [5.74, 6) is -0.386. The van der Waals surface area contributed by atoms with Gasteiger partial charge in [-0.05, 0) is 18.2 Å². The molecule has 96 valence electrons. The Morgan fingerprint density at radius 2 is 2.06 bits per heavy atom. The highest BCUT2D eigenvalue weighted by molar-refractivity contribution is 5.49. The number of hydrogen-bond donors (Lipinski definition) is 1. The molecule has 5 nitrogen and oxygen atoms in total. The van der Waals surface area contributed by atoms with Crippen molar-refractivity contribution in [2.75, 3.05) is 5.73 Å². The lowest BCUT2D eigenvalue weighted by Crippen LogP contribution is -2.08. The van der Waals surface area contributed by atoms with Gasteiger partial charge in [0.05, 0.1) is 0 Å². The van der Waals surface area contributed by atoms with E-state index in [1.54, 1.807) is 7.05 Å². The molecule has 18 heavy (non-hydrogen) atoms. The van der Waals surface area contributed by atoms with Gasteiger partial charge in [-0.3, -0.25) is 4.68 Å². The van der Waals surface area contributed by atoms with Crippen molar-refractivity contribution in [2.24, 2.45) is 7.05 Å². The molecule has 0 amide bonds. The number of alkyl halides is 3. The van der Waals surface area contributed by atoms with Gasteiger partial charge in [0, 0.05) is 12.7 Å². The largest absolute Gasteiger partial charge is 0.423 e.